The first-order chi connectivity index (χ1) is 25.1. The van der Waals surface area contributed by atoms with Crippen molar-refractivity contribution in [1.82, 2.24) is 5.32 Å². The minimum absolute atomic E-state index is 0.0463. The van der Waals surface area contributed by atoms with Crippen molar-refractivity contribution in [3.8, 4) is 0 Å². The summed E-state index contributed by atoms with van der Waals surface area (Å²) < 4.78 is 4.93. The van der Waals surface area contributed by atoms with Crippen molar-refractivity contribution in [2.24, 2.45) is 0 Å². The molecule has 5 heteroatoms. The van der Waals surface area contributed by atoms with Crippen molar-refractivity contribution >= 4 is 24.7 Å². The molecule has 1 unspecified atom stereocenters. The van der Waals surface area contributed by atoms with Gasteiger partial charge in [-0.3, -0.25) is 4.79 Å². The van der Waals surface area contributed by atoms with E-state index in [2.05, 4.69) is 26.1 Å². The molecule has 0 amide bonds. The molecule has 304 valence electrons. The van der Waals surface area contributed by atoms with E-state index in [-0.39, 0.29) is 11.2 Å². The Bertz CT molecular complexity index is 590. The van der Waals surface area contributed by atoms with Gasteiger partial charge in [-0.15, -0.1) is 0 Å². The van der Waals surface area contributed by atoms with E-state index < -0.39 is 0 Å². The van der Waals surface area contributed by atoms with Crippen LogP contribution >= 0.6 is 11.6 Å². The molecule has 1 aliphatic rings. The molecule has 0 aromatic rings. The highest BCUT2D eigenvalue weighted by molar-refractivity contribution is 6.63. The lowest BCUT2D eigenvalue weighted by Crippen LogP contribution is -2.16. The van der Waals surface area contributed by atoms with Crippen molar-refractivity contribution in [2.75, 3.05) is 19.7 Å². The molecule has 0 aliphatic carbocycles. The van der Waals surface area contributed by atoms with Crippen LogP contribution < -0.4 is 5.32 Å². The van der Waals surface area contributed by atoms with Gasteiger partial charge in [0, 0.05) is 19.0 Å². The third kappa shape index (κ3) is 54.4. The predicted octanol–water partition coefficient (Wildman–Crippen LogP) is 15.7. The van der Waals surface area contributed by atoms with Gasteiger partial charge in [0.05, 0.1) is 0 Å². The Labute approximate surface area is 328 Å². The van der Waals surface area contributed by atoms with E-state index in [9.17, 15) is 4.79 Å². The molecule has 1 heterocycles. The van der Waals surface area contributed by atoms with Crippen LogP contribution in [0.15, 0.2) is 0 Å². The van der Waals surface area contributed by atoms with Gasteiger partial charge in [-0.1, -0.05) is 226 Å². The number of hydrogen-bond acceptors (Lipinski definition) is 3. The molecule has 0 saturated carbocycles. The van der Waals surface area contributed by atoms with E-state index in [1.54, 1.807) is 0 Å². The molecule has 51 heavy (non-hydrogen) atoms. The fraction of sp³-hybridized carbons (Fsp3) is 0.978. The van der Waals surface area contributed by atoms with E-state index >= 15 is 0 Å². The first-order valence-electron chi connectivity index (χ1n) is 23.3. The van der Waals surface area contributed by atoms with Gasteiger partial charge in [0.2, 0.25) is 5.24 Å². The van der Waals surface area contributed by atoms with Crippen LogP contribution in [0.1, 0.15) is 265 Å². The van der Waals surface area contributed by atoms with Crippen molar-refractivity contribution < 1.29 is 9.53 Å². The average Bonchev–Trinajstić information content (AvgIpc) is 3.62. The third-order valence-corrected chi connectivity index (χ3v) is 10.5. The number of nitrogens with one attached hydrogen (secondary N) is 1. The lowest BCUT2D eigenvalue weighted by atomic mass is 9.98. The highest BCUT2D eigenvalue weighted by Gasteiger charge is 2.07. The zero-order valence-corrected chi connectivity index (χ0v) is 36.1. The van der Waals surface area contributed by atoms with Gasteiger partial charge in [0.1, 0.15) is 7.85 Å². The van der Waals surface area contributed by atoms with Crippen LogP contribution in [0.5, 0.6) is 0 Å². The Morgan fingerprint density at radius 1 is 0.490 bits per heavy atom. The zero-order chi connectivity index (χ0) is 37.6. The molecule has 1 N–H and O–H groups in total. The highest BCUT2D eigenvalue weighted by atomic mass is 35.5. The summed E-state index contributed by atoms with van der Waals surface area (Å²) in [6.45, 7) is 10.2. The van der Waals surface area contributed by atoms with Crippen LogP contribution in [0.4, 0.5) is 0 Å². The Morgan fingerprint density at radius 3 is 0.980 bits per heavy atom. The molecule has 1 fully saturated rings. The Morgan fingerprint density at radius 2 is 0.765 bits per heavy atom. The molecule has 1 aliphatic heterocycles. The molecule has 2 radical (unpaired) electrons. The smallest absolute Gasteiger partial charge is 0.221 e. The van der Waals surface area contributed by atoms with E-state index in [1.807, 2.05) is 0 Å². The topological polar surface area (TPSA) is 38.3 Å². The van der Waals surface area contributed by atoms with Crippen molar-refractivity contribution in [3.05, 3.63) is 0 Å². The molecule has 0 aromatic heterocycles. The molecule has 0 bridgehead atoms. The van der Waals surface area contributed by atoms with Gasteiger partial charge in [-0.05, 0) is 56.8 Å². The van der Waals surface area contributed by atoms with Gasteiger partial charge >= 0.3 is 0 Å². The average molecular weight is 739 g/mol. The SMILES string of the molecule is CCCCCCCCCCCCCC(=O)Cl.CCCCCCCCCCCCCCNCCCCCCCCCCCCCC.[B]C1CCCO1. The van der Waals surface area contributed by atoms with Crippen LogP contribution in [0.2, 0.25) is 0 Å². The second kappa shape index (κ2) is 49.9. The lowest BCUT2D eigenvalue weighted by Gasteiger charge is -2.06. The molecular formula is C46H93BClNO2. The molecule has 1 rings (SSSR count). The number of carbonyl (C=O) groups excluding carboxylic acids is 1. The second-order valence-corrected chi connectivity index (χ2v) is 16.1. The molecule has 3 nitrogen and oxygen atoms in total. The van der Waals surface area contributed by atoms with Crippen LogP contribution in [0, 0.1) is 0 Å². The summed E-state index contributed by atoms with van der Waals surface area (Å²) in [5.74, 6) is 0. The number of carbonyl (C=O) groups is 1. The van der Waals surface area contributed by atoms with Gasteiger partial charge in [0.15, 0.2) is 0 Å². The molecule has 1 atom stereocenters. The largest absolute Gasteiger partial charge is 0.388 e. The minimum atomic E-state index is -0.184. The lowest BCUT2D eigenvalue weighted by molar-refractivity contribution is -0.111. The summed E-state index contributed by atoms with van der Waals surface area (Å²) in [5.41, 5.74) is 0. The minimum Gasteiger partial charge on any atom is -0.388 e. The molecule has 0 aromatic carbocycles. The van der Waals surface area contributed by atoms with Crippen molar-refractivity contribution in [1.29, 1.82) is 0 Å². The first kappa shape index (κ1) is 53.0. The standard InChI is InChI=1S/C28H59N.C14H27ClO.C4H7BO/c1-3-5-7-9-11-13-15-17-19-21-23-25-27-29-28-26-24-22-20-18-16-14-12-10-8-6-4-2;1-2-3-4-5-6-7-8-9-10-11-12-13-14(15)16;5-4-2-1-3-6-4/h29H,3-28H2,1-2H3;2-13H2,1H3;4H,1-3H2. The van der Waals surface area contributed by atoms with E-state index in [4.69, 9.17) is 24.2 Å². The Balaban J connectivity index is 0. The number of halogens is 1. The van der Waals surface area contributed by atoms with Crippen LogP contribution in [-0.4, -0.2) is 38.8 Å². The van der Waals surface area contributed by atoms with Crippen LogP contribution in [-0.2, 0) is 9.53 Å². The quantitative estimate of drug-likeness (QED) is 0.0389. The highest BCUT2D eigenvalue weighted by Crippen LogP contribution is 2.14. The second-order valence-electron chi connectivity index (χ2n) is 15.7. The number of rotatable bonds is 38. The fourth-order valence-electron chi connectivity index (χ4n) is 6.84. The summed E-state index contributed by atoms with van der Waals surface area (Å²) >= 11 is 5.26. The zero-order valence-electron chi connectivity index (χ0n) is 35.3. The van der Waals surface area contributed by atoms with Crippen LogP contribution in [0.25, 0.3) is 0 Å². The summed E-state index contributed by atoms with van der Waals surface area (Å²) in [6.07, 6.45) is 51.9. The Kier molecular flexibility index (Phi) is 52.0. The summed E-state index contributed by atoms with van der Waals surface area (Å²) in [7, 11) is 5.31. The maximum Gasteiger partial charge on any atom is 0.221 e. The third-order valence-electron chi connectivity index (χ3n) is 10.4. The van der Waals surface area contributed by atoms with Crippen molar-refractivity contribution in [3.63, 3.8) is 0 Å². The molecule has 1 saturated heterocycles. The number of ether oxygens (including phenoxy) is 1. The first-order valence-corrected chi connectivity index (χ1v) is 23.7. The van der Waals surface area contributed by atoms with Gasteiger partial charge in [-0.25, -0.2) is 0 Å². The van der Waals surface area contributed by atoms with E-state index in [0.29, 0.717) is 6.42 Å². The number of hydrogen-bond donors (Lipinski definition) is 1. The summed E-state index contributed by atoms with van der Waals surface area (Å²) in [6, 6.07) is 0.0463. The monoisotopic (exact) mass is 738 g/mol. The van der Waals surface area contributed by atoms with Gasteiger partial charge in [-0.2, -0.15) is 0 Å². The normalized spacial score (nSPS) is 13.8. The van der Waals surface area contributed by atoms with Crippen molar-refractivity contribution in [2.45, 2.75) is 271 Å². The maximum atomic E-state index is 10.5. The fourth-order valence-corrected chi connectivity index (χ4v) is 6.97. The summed E-state index contributed by atoms with van der Waals surface area (Å²) in [5, 5.41) is 3.47. The molecule has 0 spiro atoms. The Hall–Kier alpha value is -0.0551. The van der Waals surface area contributed by atoms with Crippen LogP contribution in [0.3, 0.4) is 0 Å². The van der Waals surface area contributed by atoms with E-state index in [0.717, 1.165) is 32.3 Å². The predicted molar refractivity (Wildman–Crippen MR) is 232 cm³/mol. The number of unbranched alkanes of at least 4 members (excludes halogenated alkanes) is 32. The van der Waals surface area contributed by atoms with Gasteiger partial charge < -0.3 is 10.1 Å². The maximum absolute atomic E-state index is 10.5. The summed E-state index contributed by atoms with van der Waals surface area (Å²) in [4.78, 5) is 10.5. The van der Waals surface area contributed by atoms with Gasteiger partial charge in [0.25, 0.3) is 0 Å². The van der Waals surface area contributed by atoms with E-state index in [1.165, 1.54) is 225 Å². The molecular weight excluding hydrogens is 645 g/mol.